The van der Waals surface area contributed by atoms with Gasteiger partial charge in [0.05, 0.1) is 13.2 Å². The molecule has 11 heavy (non-hydrogen) atoms. The van der Waals surface area contributed by atoms with E-state index in [9.17, 15) is 4.79 Å². The molecule has 0 aliphatic carbocycles. The van der Waals surface area contributed by atoms with Crippen LogP contribution in [0.2, 0.25) is 0 Å². The Labute approximate surface area is 67.9 Å². The van der Waals surface area contributed by atoms with Crippen molar-refractivity contribution in [1.82, 2.24) is 0 Å². The van der Waals surface area contributed by atoms with Gasteiger partial charge >= 0.3 is 0 Å². The molecule has 0 saturated carbocycles. The first-order chi connectivity index (χ1) is 5.21. The van der Waals surface area contributed by atoms with Gasteiger partial charge in [-0.2, -0.15) is 0 Å². The maximum Gasteiger partial charge on any atom is 0.120 e. The van der Waals surface area contributed by atoms with Gasteiger partial charge in [-0.25, -0.2) is 0 Å². The number of hydrogen-bond donors (Lipinski definition) is 0. The lowest BCUT2D eigenvalue weighted by molar-refractivity contribution is -0.145. The summed E-state index contributed by atoms with van der Waals surface area (Å²) < 4.78 is 5.18. The van der Waals surface area contributed by atoms with Crippen molar-refractivity contribution in [3.05, 3.63) is 0 Å². The predicted molar refractivity (Wildman–Crippen MR) is 43.4 cm³/mol. The third kappa shape index (κ3) is 1.62. The first-order valence-corrected chi connectivity index (χ1v) is 4.23. The molecule has 1 aliphatic heterocycles. The normalized spacial score (nSPS) is 21.4. The van der Waals surface area contributed by atoms with Crippen molar-refractivity contribution in [2.75, 3.05) is 13.2 Å². The van der Waals surface area contributed by atoms with Crippen LogP contribution in [0.3, 0.4) is 0 Å². The minimum Gasteiger partial charge on any atom is -0.380 e. The van der Waals surface area contributed by atoms with Crippen LogP contribution in [0.5, 0.6) is 0 Å². The zero-order valence-corrected chi connectivity index (χ0v) is 7.30. The zero-order chi connectivity index (χ0) is 8.32. The van der Waals surface area contributed by atoms with Crippen molar-refractivity contribution < 1.29 is 9.53 Å². The third-order valence-electron chi connectivity index (χ3n) is 2.76. The van der Waals surface area contributed by atoms with E-state index in [4.69, 9.17) is 4.74 Å². The zero-order valence-electron chi connectivity index (χ0n) is 7.30. The number of rotatable bonds is 4. The van der Waals surface area contributed by atoms with Crippen molar-refractivity contribution in [3.8, 4) is 0 Å². The van der Waals surface area contributed by atoms with Gasteiger partial charge in [0.25, 0.3) is 0 Å². The molecule has 2 heteroatoms. The SMILES string of the molecule is CC(C)C1(CCC=O)COC1. The van der Waals surface area contributed by atoms with E-state index in [1.54, 1.807) is 0 Å². The van der Waals surface area contributed by atoms with Gasteiger partial charge in [0.15, 0.2) is 0 Å². The van der Waals surface area contributed by atoms with Crippen LogP contribution < -0.4 is 0 Å². The second kappa shape index (κ2) is 3.35. The van der Waals surface area contributed by atoms with Gasteiger partial charge < -0.3 is 9.53 Å². The Bertz CT molecular complexity index is 136. The molecule has 0 N–H and O–H groups in total. The number of hydrogen-bond acceptors (Lipinski definition) is 2. The Morgan fingerprint density at radius 1 is 1.55 bits per heavy atom. The van der Waals surface area contributed by atoms with Crippen LogP contribution in [-0.4, -0.2) is 19.5 Å². The highest BCUT2D eigenvalue weighted by Gasteiger charge is 2.40. The lowest BCUT2D eigenvalue weighted by Gasteiger charge is -2.44. The average molecular weight is 156 g/mol. The fourth-order valence-electron chi connectivity index (χ4n) is 1.48. The average Bonchev–Trinajstić information content (AvgIpc) is 1.85. The minimum absolute atomic E-state index is 0.320. The summed E-state index contributed by atoms with van der Waals surface area (Å²) in [6.45, 7) is 6.09. The van der Waals surface area contributed by atoms with Gasteiger partial charge in [-0.15, -0.1) is 0 Å². The summed E-state index contributed by atoms with van der Waals surface area (Å²) in [5, 5.41) is 0. The van der Waals surface area contributed by atoms with Crippen LogP contribution in [0.15, 0.2) is 0 Å². The van der Waals surface area contributed by atoms with E-state index < -0.39 is 0 Å². The summed E-state index contributed by atoms with van der Waals surface area (Å²) in [6.07, 6.45) is 2.68. The summed E-state index contributed by atoms with van der Waals surface area (Å²) in [4.78, 5) is 10.2. The van der Waals surface area contributed by atoms with Crippen LogP contribution in [0, 0.1) is 11.3 Å². The van der Waals surface area contributed by atoms with E-state index in [0.29, 0.717) is 17.8 Å². The van der Waals surface area contributed by atoms with E-state index in [0.717, 1.165) is 25.9 Å². The molecular formula is C9H16O2. The van der Waals surface area contributed by atoms with Crippen LogP contribution >= 0.6 is 0 Å². The largest absolute Gasteiger partial charge is 0.380 e. The van der Waals surface area contributed by atoms with Crippen molar-refractivity contribution >= 4 is 6.29 Å². The molecule has 0 aromatic heterocycles. The van der Waals surface area contributed by atoms with E-state index >= 15 is 0 Å². The Hall–Kier alpha value is -0.370. The molecule has 0 atom stereocenters. The maximum absolute atomic E-state index is 10.2. The lowest BCUT2D eigenvalue weighted by Crippen LogP contribution is -2.46. The third-order valence-corrected chi connectivity index (χ3v) is 2.76. The van der Waals surface area contributed by atoms with Gasteiger partial charge in [-0.3, -0.25) is 0 Å². The first kappa shape index (κ1) is 8.72. The molecule has 1 heterocycles. The quantitative estimate of drug-likeness (QED) is 0.578. The number of carbonyl (C=O) groups excluding carboxylic acids is 1. The molecule has 1 fully saturated rings. The summed E-state index contributed by atoms with van der Waals surface area (Å²) >= 11 is 0. The standard InChI is InChI=1S/C9H16O2/c1-8(2)9(4-3-5-10)6-11-7-9/h5,8H,3-4,6-7H2,1-2H3. The van der Waals surface area contributed by atoms with E-state index in [-0.39, 0.29) is 0 Å². The molecule has 0 aromatic carbocycles. The molecule has 0 amide bonds. The molecule has 0 unspecified atom stereocenters. The highest BCUT2D eigenvalue weighted by Crippen LogP contribution is 2.39. The number of aldehydes is 1. The Balaban J connectivity index is 2.40. The monoisotopic (exact) mass is 156 g/mol. The highest BCUT2D eigenvalue weighted by atomic mass is 16.5. The van der Waals surface area contributed by atoms with Crippen LogP contribution in [-0.2, 0) is 9.53 Å². The van der Waals surface area contributed by atoms with Crippen LogP contribution in [0.4, 0.5) is 0 Å². The molecule has 0 bridgehead atoms. The molecule has 0 spiro atoms. The molecule has 1 aliphatic rings. The van der Waals surface area contributed by atoms with Crippen molar-refractivity contribution in [2.24, 2.45) is 11.3 Å². The van der Waals surface area contributed by atoms with Crippen molar-refractivity contribution in [3.63, 3.8) is 0 Å². The number of carbonyl (C=O) groups is 1. The first-order valence-electron chi connectivity index (χ1n) is 4.23. The summed E-state index contributed by atoms with van der Waals surface area (Å²) in [5.74, 6) is 0.635. The van der Waals surface area contributed by atoms with Crippen molar-refractivity contribution in [1.29, 1.82) is 0 Å². The molecule has 0 aromatic rings. The predicted octanol–water partition coefficient (Wildman–Crippen LogP) is 1.64. The van der Waals surface area contributed by atoms with Crippen LogP contribution in [0.25, 0.3) is 0 Å². The minimum atomic E-state index is 0.320. The lowest BCUT2D eigenvalue weighted by atomic mass is 9.72. The molecule has 2 nitrogen and oxygen atoms in total. The summed E-state index contributed by atoms with van der Waals surface area (Å²) in [7, 11) is 0. The topological polar surface area (TPSA) is 26.3 Å². The van der Waals surface area contributed by atoms with Gasteiger partial charge in [0.1, 0.15) is 6.29 Å². The van der Waals surface area contributed by atoms with E-state index in [1.165, 1.54) is 0 Å². The second-order valence-corrected chi connectivity index (χ2v) is 3.72. The second-order valence-electron chi connectivity index (χ2n) is 3.72. The van der Waals surface area contributed by atoms with E-state index in [1.807, 2.05) is 0 Å². The maximum atomic E-state index is 10.2. The Morgan fingerprint density at radius 3 is 2.45 bits per heavy atom. The number of ether oxygens (including phenoxy) is 1. The van der Waals surface area contributed by atoms with Gasteiger partial charge in [0.2, 0.25) is 0 Å². The molecular weight excluding hydrogens is 140 g/mol. The smallest absolute Gasteiger partial charge is 0.120 e. The summed E-state index contributed by atoms with van der Waals surface area (Å²) in [6, 6.07) is 0. The van der Waals surface area contributed by atoms with Gasteiger partial charge in [-0.05, 0) is 12.3 Å². The molecule has 0 radical (unpaired) electrons. The highest BCUT2D eigenvalue weighted by molar-refractivity contribution is 5.49. The Kier molecular flexibility index (Phi) is 2.66. The Morgan fingerprint density at radius 2 is 2.18 bits per heavy atom. The van der Waals surface area contributed by atoms with Crippen molar-refractivity contribution in [2.45, 2.75) is 26.7 Å². The summed E-state index contributed by atoms with van der Waals surface area (Å²) in [5.41, 5.74) is 0.320. The van der Waals surface area contributed by atoms with Gasteiger partial charge in [-0.1, -0.05) is 13.8 Å². The van der Waals surface area contributed by atoms with Crippen LogP contribution in [0.1, 0.15) is 26.7 Å². The molecule has 1 saturated heterocycles. The fourth-order valence-corrected chi connectivity index (χ4v) is 1.48. The van der Waals surface area contributed by atoms with Gasteiger partial charge in [0, 0.05) is 11.8 Å². The molecule has 1 rings (SSSR count). The fraction of sp³-hybridized carbons (Fsp3) is 0.889. The molecule has 64 valence electrons. The van der Waals surface area contributed by atoms with E-state index in [2.05, 4.69) is 13.8 Å².